The van der Waals surface area contributed by atoms with E-state index in [1.54, 1.807) is 0 Å². The van der Waals surface area contributed by atoms with E-state index in [1.165, 1.54) is 0 Å². The second-order valence-corrected chi connectivity index (χ2v) is 1.97. The number of hydrogen-bond donors (Lipinski definition) is 1. The Bertz CT molecular complexity index is 54.5. The van der Waals surface area contributed by atoms with Crippen LogP contribution in [-0.2, 0) is 30.9 Å². The van der Waals surface area contributed by atoms with E-state index >= 15 is 0 Å². The Kier molecular flexibility index (Phi) is 34.1. The first kappa shape index (κ1) is 23.0. The van der Waals surface area contributed by atoms with Crippen molar-refractivity contribution in [2.45, 2.75) is 25.9 Å². The van der Waals surface area contributed by atoms with Crippen LogP contribution < -0.4 is 0 Å². The first-order valence-electron chi connectivity index (χ1n) is 3.36. The van der Waals surface area contributed by atoms with E-state index in [0.717, 1.165) is 19.4 Å². The molecule has 12 heavy (non-hydrogen) atoms. The Hall–Kier alpha value is 0.803. The van der Waals surface area contributed by atoms with E-state index in [-0.39, 0.29) is 41.1 Å². The molecule has 1 unspecified atom stereocenters. The molecule has 1 N–H and O–H groups in total. The molecule has 0 saturated carbocycles. The van der Waals surface area contributed by atoms with Gasteiger partial charge in [-0.05, 0) is 6.42 Å². The van der Waals surface area contributed by atoms with Crippen LogP contribution in [0.3, 0.4) is 0 Å². The summed E-state index contributed by atoms with van der Waals surface area (Å²) in [6.45, 7) is 6.82. The molecule has 1 rings (SSSR count). The minimum absolute atomic E-state index is 0. The topological polar surface area (TPSA) is 32.8 Å². The standard InChI is InChI=1S/C4H7O.C3H8O.2CH3.Zr/c1-2-4-3-5-4;1-2-3-4;;;/h4H,1-3H2;4H,2-3H2,1H3;2*1H3;/q-1;;2*-1;+3. The van der Waals surface area contributed by atoms with E-state index in [0.29, 0.717) is 12.7 Å². The molecule has 1 saturated heterocycles. The van der Waals surface area contributed by atoms with Gasteiger partial charge in [0.25, 0.3) is 0 Å². The Morgan fingerprint density at radius 3 is 1.83 bits per heavy atom. The minimum Gasteiger partial charge on any atom is -0.396 e. The van der Waals surface area contributed by atoms with Gasteiger partial charge < -0.3 is 31.6 Å². The summed E-state index contributed by atoms with van der Waals surface area (Å²) in [7, 11) is 0. The molecule has 3 heteroatoms. The van der Waals surface area contributed by atoms with Gasteiger partial charge >= 0.3 is 26.2 Å². The largest absolute Gasteiger partial charge is 3.00 e. The molecule has 0 spiro atoms. The summed E-state index contributed by atoms with van der Waals surface area (Å²) in [4.78, 5) is 0. The van der Waals surface area contributed by atoms with E-state index < -0.39 is 0 Å². The number of ether oxygens (including phenoxy) is 1. The zero-order valence-electron chi connectivity index (χ0n) is 8.47. The quantitative estimate of drug-likeness (QED) is 0.601. The van der Waals surface area contributed by atoms with Gasteiger partial charge in [0.2, 0.25) is 0 Å². The van der Waals surface area contributed by atoms with Gasteiger partial charge in [0, 0.05) is 6.61 Å². The smallest absolute Gasteiger partial charge is 0.396 e. The van der Waals surface area contributed by atoms with Crippen molar-refractivity contribution in [1.29, 1.82) is 0 Å². The molecule has 0 aliphatic carbocycles. The van der Waals surface area contributed by atoms with Gasteiger partial charge in [0.15, 0.2) is 0 Å². The molecule has 1 heterocycles. The van der Waals surface area contributed by atoms with Crippen LogP contribution in [0.5, 0.6) is 0 Å². The monoisotopic (exact) mass is 251 g/mol. The fourth-order valence-corrected chi connectivity index (χ4v) is 0.235. The molecule has 1 fully saturated rings. The number of epoxide rings is 1. The maximum atomic E-state index is 7.88. The predicted octanol–water partition coefficient (Wildman–Crippen LogP) is 1.90. The minimum atomic E-state index is 0. The fraction of sp³-hybridized carbons (Fsp3) is 0.667. The molecular formula is C9H21O2Zr. The predicted molar refractivity (Wildman–Crippen MR) is 49.9 cm³/mol. The van der Waals surface area contributed by atoms with Crippen molar-refractivity contribution in [3.63, 3.8) is 0 Å². The van der Waals surface area contributed by atoms with Crippen LogP contribution in [-0.4, -0.2) is 24.4 Å². The van der Waals surface area contributed by atoms with E-state index in [9.17, 15) is 0 Å². The third-order valence-electron chi connectivity index (χ3n) is 0.948. The Labute approximate surface area is 96.8 Å². The van der Waals surface area contributed by atoms with Gasteiger partial charge in [-0.25, -0.2) is 0 Å². The summed E-state index contributed by atoms with van der Waals surface area (Å²) in [6, 6.07) is 0. The molecule has 1 radical (unpaired) electrons. The average Bonchev–Trinajstić information content (AvgIpc) is 2.70. The first-order valence-corrected chi connectivity index (χ1v) is 3.36. The van der Waals surface area contributed by atoms with Crippen LogP contribution in [0.2, 0.25) is 0 Å². The second-order valence-electron chi connectivity index (χ2n) is 1.97. The maximum Gasteiger partial charge on any atom is 3.00 e. The van der Waals surface area contributed by atoms with Crippen LogP contribution in [0.1, 0.15) is 19.8 Å². The number of rotatable bonds is 2. The molecule has 0 bridgehead atoms. The van der Waals surface area contributed by atoms with Gasteiger partial charge in [0.05, 0.1) is 12.7 Å². The van der Waals surface area contributed by atoms with E-state index in [2.05, 4.69) is 6.92 Å². The third kappa shape index (κ3) is 22.4. The summed E-state index contributed by atoms with van der Waals surface area (Å²) in [5, 5.41) is 7.88. The summed E-state index contributed by atoms with van der Waals surface area (Å²) in [5.41, 5.74) is 0. The second kappa shape index (κ2) is 17.8. The Morgan fingerprint density at radius 2 is 1.83 bits per heavy atom. The molecule has 0 aromatic carbocycles. The Balaban J connectivity index is -0.0000000436. The Morgan fingerprint density at radius 1 is 1.50 bits per heavy atom. The molecule has 1 aliphatic heterocycles. The van der Waals surface area contributed by atoms with Crippen molar-refractivity contribution in [2.24, 2.45) is 0 Å². The summed E-state index contributed by atoms with van der Waals surface area (Å²) >= 11 is 0. The van der Waals surface area contributed by atoms with Crippen LogP contribution in [0.25, 0.3) is 0 Å². The molecule has 0 amide bonds. The van der Waals surface area contributed by atoms with Gasteiger partial charge in [-0.2, -0.15) is 6.42 Å². The maximum absolute atomic E-state index is 7.88. The van der Waals surface area contributed by atoms with Crippen molar-refractivity contribution in [2.75, 3.05) is 13.2 Å². The molecule has 1 aliphatic rings. The summed E-state index contributed by atoms with van der Waals surface area (Å²) < 4.78 is 4.80. The molecule has 0 aromatic rings. The summed E-state index contributed by atoms with van der Waals surface area (Å²) in [5.74, 6) is 0. The van der Waals surface area contributed by atoms with Crippen molar-refractivity contribution in [3.05, 3.63) is 21.8 Å². The SMILES string of the molecule is CCCO.[CH2-]CC1CO1.[CH3-].[CH3-].[Zr+3]. The first-order chi connectivity index (χ1) is 4.35. The normalized spacial score (nSPS) is 16.8. The van der Waals surface area contributed by atoms with Crippen molar-refractivity contribution < 1.29 is 36.0 Å². The van der Waals surface area contributed by atoms with E-state index in [4.69, 9.17) is 9.84 Å². The van der Waals surface area contributed by atoms with Gasteiger partial charge in [-0.3, -0.25) is 0 Å². The van der Waals surface area contributed by atoms with E-state index in [1.807, 2.05) is 6.92 Å². The molecule has 2 nitrogen and oxygen atoms in total. The molecule has 73 valence electrons. The van der Waals surface area contributed by atoms with Crippen molar-refractivity contribution in [1.82, 2.24) is 0 Å². The van der Waals surface area contributed by atoms with Crippen LogP contribution >= 0.6 is 0 Å². The van der Waals surface area contributed by atoms with Crippen molar-refractivity contribution >= 4 is 0 Å². The number of aliphatic hydroxyl groups excluding tert-OH is 1. The zero-order chi connectivity index (χ0) is 7.11. The van der Waals surface area contributed by atoms with Gasteiger partial charge in [-0.15, -0.1) is 0 Å². The number of aliphatic hydroxyl groups is 1. The molecule has 1 atom stereocenters. The fourth-order valence-electron chi connectivity index (χ4n) is 0.235. The summed E-state index contributed by atoms with van der Waals surface area (Å²) in [6.07, 6.45) is 2.34. The molecular weight excluding hydrogens is 231 g/mol. The van der Waals surface area contributed by atoms with Crippen LogP contribution in [0.4, 0.5) is 0 Å². The zero-order valence-corrected chi connectivity index (χ0v) is 10.9. The molecule has 0 aromatic heterocycles. The average molecular weight is 252 g/mol. The van der Waals surface area contributed by atoms with Crippen molar-refractivity contribution in [3.8, 4) is 0 Å². The van der Waals surface area contributed by atoms with Crippen LogP contribution in [0, 0.1) is 21.8 Å². The number of hydrogen-bond acceptors (Lipinski definition) is 2. The van der Waals surface area contributed by atoms with Gasteiger partial charge in [-0.1, -0.05) is 6.92 Å². The van der Waals surface area contributed by atoms with Crippen LogP contribution in [0.15, 0.2) is 0 Å². The van der Waals surface area contributed by atoms with Gasteiger partial charge in [0.1, 0.15) is 0 Å². The third-order valence-corrected chi connectivity index (χ3v) is 0.948.